The number of nitrogens with one attached hydrogen (secondary N) is 2. The highest BCUT2D eigenvalue weighted by Crippen LogP contribution is 2.16. The lowest BCUT2D eigenvalue weighted by atomic mass is 10.1. The fraction of sp³-hybridized carbons (Fsp3) is 0.316. The number of carbonyl (C=O) groups is 1. The van der Waals surface area contributed by atoms with Crippen molar-refractivity contribution < 1.29 is 13.2 Å². The topological polar surface area (TPSA) is 101 Å². The Balaban J connectivity index is 1.95. The molecule has 0 unspecified atom stereocenters. The maximum Gasteiger partial charge on any atom is 0.240 e. The number of anilines is 1. The Kier molecular flexibility index (Phi) is 7.32. The van der Waals surface area contributed by atoms with Gasteiger partial charge in [-0.1, -0.05) is 37.3 Å². The molecule has 0 saturated heterocycles. The first kappa shape index (κ1) is 20.1. The molecule has 0 spiro atoms. The van der Waals surface area contributed by atoms with Crippen molar-refractivity contribution in [2.45, 2.75) is 31.1 Å². The highest BCUT2D eigenvalue weighted by atomic mass is 32.2. The van der Waals surface area contributed by atoms with Gasteiger partial charge in [0.2, 0.25) is 15.9 Å². The summed E-state index contributed by atoms with van der Waals surface area (Å²) in [6.45, 7) is 2.48. The van der Waals surface area contributed by atoms with E-state index in [1.807, 2.05) is 12.1 Å². The van der Waals surface area contributed by atoms with Gasteiger partial charge >= 0.3 is 0 Å². The highest BCUT2D eigenvalue weighted by molar-refractivity contribution is 7.89. The second-order valence-corrected chi connectivity index (χ2v) is 7.70. The molecule has 0 saturated carbocycles. The summed E-state index contributed by atoms with van der Waals surface area (Å²) in [6.07, 6.45) is 1.94. The van der Waals surface area contributed by atoms with E-state index in [4.69, 9.17) is 5.73 Å². The number of benzene rings is 2. The van der Waals surface area contributed by atoms with Crippen molar-refractivity contribution in [1.29, 1.82) is 0 Å². The summed E-state index contributed by atoms with van der Waals surface area (Å²) in [5.41, 5.74) is 8.13. The van der Waals surface area contributed by atoms with Crippen LogP contribution in [0.3, 0.4) is 0 Å². The van der Waals surface area contributed by atoms with E-state index in [9.17, 15) is 13.2 Å². The van der Waals surface area contributed by atoms with Gasteiger partial charge in [0.25, 0.3) is 0 Å². The Bertz CT molecular complexity index is 833. The SMILES string of the molecule is CCc1ccc(CCC(=O)Nc2cccc(S(=O)(=O)NCCN)c2)cc1. The van der Waals surface area contributed by atoms with Crippen molar-refractivity contribution >= 4 is 21.6 Å². The maximum absolute atomic E-state index is 12.1. The zero-order valence-electron chi connectivity index (χ0n) is 14.9. The number of hydrogen-bond donors (Lipinski definition) is 3. The average Bonchev–Trinajstić information content (AvgIpc) is 2.65. The first-order valence-electron chi connectivity index (χ1n) is 8.62. The van der Waals surface area contributed by atoms with E-state index in [2.05, 4.69) is 29.1 Å². The molecular weight excluding hydrogens is 350 g/mol. The minimum absolute atomic E-state index is 0.0962. The number of nitrogens with two attached hydrogens (primary N) is 1. The van der Waals surface area contributed by atoms with E-state index in [1.165, 1.54) is 17.7 Å². The van der Waals surface area contributed by atoms with Gasteiger partial charge in [-0.05, 0) is 42.2 Å². The Morgan fingerprint density at radius 3 is 2.42 bits per heavy atom. The van der Waals surface area contributed by atoms with Crippen molar-refractivity contribution in [2.24, 2.45) is 5.73 Å². The molecule has 6 nitrogen and oxygen atoms in total. The van der Waals surface area contributed by atoms with Crippen LogP contribution in [0.4, 0.5) is 5.69 Å². The van der Waals surface area contributed by atoms with Crippen LogP contribution in [0.15, 0.2) is 53.4 Å². The van der Waals surface area contributed by atoms with Crippen molar-refractivity contribution in [3.8, 4) is 0 Å². The van der Waals surface area contributed by atoms with E-state index in [-0.39, 0.29) is 23.9 Å². The Morgan fingerprint density at radius 1 is 1.08 bits per heavy atom. The summed E-state index contributed by atoms with van der Waals surface area (Å²) in [6, 6.07) is 14.4. The highest BCUT2D eigenvalue weighted by Gasteiger charge is 2.14. The third kappa shape index (κ3) is 5.94. The minimum Gasteiger partial charge on any atom is -0.329 e. The van der Waals surface area contributed by atoms with E-state index in [1.54, 1.807) is 12.1 Å². The Hall–Kier alpha value is -2.22. The molecule has 0 aromatic heterocycles. The molecule has 26 heavy (non-hydrogen) atoms. The molecule has 0 aliphatic carbocycles. The van der Waals surface area contributed by atoms with Crippen molar-refractivity contribution in [3.63, 3.8) is 0 Å². The average molecular weight is 375 g/mol. The fourth-order valence-corrected chi connectivity index (χ4v) is 3.53. The lowest BCUT2D eigenvalue weighted by molar-refractivity contribution is -0.116. The molecule has 0 bridgehead atoms. The van der Waals surface area contributed by atoms with Crippen LogP contribution >= 0.6 is 0 Å². The molecule has 0 aliphatic heterocycles. The van der Waals surface area contributed by atoms with E-state index in [0.29, 0.717) is 18.5 Å². The zero-order chi connectivity index (χ0) is 19.0. The number of hydrogen-bond acceptors (Lipinski definition) is 4. The van der Waals surface area contributed by atoms with Gasteiger partial charge in [-0.2, -0.15) is 0 Å². The first-order chi connectivity index (χ1) is 12.4. The second kappa shape index (κ2) is 9.47. The monoisotopic (exact) mass is 375 g/mol. The van der Waals surface area contributed by atoms with Crippen LogP contribution in [-0.2, 0) is 27.7 Å². The predicted molar refractivity (Wildman–Crippen MR) is 103 cm³/mol. The molecule has 1 amide bonds. The molecule has 7 heteroatoms. The van der Waals surface area contributed by atoms with Gasteiger partial charge in [-0.25, -0.2) is 13.1 Å². The smallest absolute Gasteiger partial charge is 0.240 e. The van der Waals surface area contributed by atoms with Crippen LogP contribution < -0.4 is 15.8 Å². The molecule has 0 fully saturated rings. The zero-order valence-corrected chi connectivity index (χ0v) is 15.7. The quantitative estimate of drug-likeness (QED) is 0.624. The van der Waals surface area contributed by atoms with Crippen LogP contribution in [0, 0.1) is 0 Å². The summed E-state index contributed by atoms with van der Waals surface area (Å²) < 4.78 is 26.6. The van der Waals surface area contributed by atoms with Gasteiger partial charge in [-0.15, -0.1) is 0 Å². The molecule has 0 radical (unpaired) electrons. The minimum atomic E-state index is -3.62. The Labute approximate surface area is 154 Å². The molecule has 0 atom stereocenters. The molecule has 140 valence electrons. The summed E-state index contributed by atoms with van der Waals surface area (Å²) >= 11 is 0. The van der Waals surface area contributed by atoms with Crippen LogP contribution in [0.2, 0.25) is 0 Å². The number of aryl methyl sites for hydroxylation is 2. The van der Waals surface area contributed by atoms with Crippen LogP contribution in [-0.4, -0.2) is 27.4 Å². The molecule has 2 aromatic carbocycles. The van der Waals surface area contributed by atoms with Crippen molar-refractivity contribution in [1.82, 2.24) is 4.72 Å². The summed E-state index contributed by atoms with van der Waals surface area (Å²) in [5.74, 6) is -0.158. The molecule has 0 heterocycles. The van der Waals surface area contributed by atoms with Crippen molar-refractivity contribution in [3.05, 3.63) is 59.7 Å². The predicted octanol–water partition coefficient (Wildman–Crippen LogP) is 2.06. The maximum atomic E-state index is 12.1. The van der Waals surface area contributed by atoms with Gasteiger partial charge in [-0.3, -0.25) is 4.79 Å². The normalized spacial score (nSPS) is 11.3. The molecule has 2 aromatic rings. The fourth-order valence-electron chi connectivity index (χ4n) is 2.44. The lowest BCUT2D eigenvalue weighted by Crippen LogP contribution is -2.29. The van der Waals surface area contributed by atoms with Gasteiger partial charge in [0, 0.05) is 25.2 Å². The molecule has 0 aliphatic rings. The largest absolute Gasteiger partial charge is 0.329 e. The number of amides is 1. The van der Waals surface area contributed by atoms with Gasteiger partial charge in [0.05, 0.1) is 4.90 Å². The van der Waals surface area contributed by atoms with Gasteiger partial charge < -0.3 is 11.1 Å². The van der Waals surface area contributed by atoms with Crippen molar-refractivity contribution in [2.75, 3.05) is 18.4 Å². The number of carbonyl (C=O) groups excluding carboxylic acids is 1. The molecular formula is C19H25N3O3S. The van der Waals surface area contributed by atoms with E-state index < -0.39 is 10.0 Å². The molecule has 4 N–H and O–H groups in total. The first-order valence-corrected chi connectivity index (χ1v) is 10.1. The summed E-state index contributed by atoms with van der Waals surface area (Å²) in [7, 11) is -3.62. The number of rotatable bonds is 9. The standard InChI is InChI=1S/C19H25N3O3S/c1-2-15-6-8-16(9-7-15)10-11-19(23)22-17-4-3-5-18(14-17)26(24,25)21-13-12-20/h3-9,14,21H,2,10-13,20H2,1H3,(H,22,23). The molecule has 2 rings (SSSR count). The van der Waals surface area contributed by atoms with Crippen LogP contribution in [0.5, 0.6) is 0 Å². The van der Waals surface area contributed by atoms with Gasteiger partial charge in [0.15, 0.2) is 0 Å². The lowest BCUT2D eigenvalue weighted by Gasteiger charge is -2.09. The third-order valence-electron chi connectivity index (χ3n) is 3.94. The van der Waals surface area contributed by atoms with Gasteiger partial charge in [0.1, 0.15) is 0 Å². The van der Waals surface area contributed by atoms with Crippen LogP contribution in [0.25, 0.3) is 0 Å². The van der Waals surface area contributed by atoms with E-state index in [0.717, 1.165) is 12.0 Å². The third-order valence-corrected chi connectivity index (χ3v) is 5.40. The van der Waals surface area contributed by atoms with Crippen LogP contribution in [0.1, 0.15) is 24.5 Å². The summed E-state index contributed by atoms with van der Waals surface area (Å²) in [4.78, 5) is 12.2. The summed E-state index contributed by atoms with van der Waals surface area (Å²) in [5, 5.41) is 2.75. The van der Waals surface area contributed by atoms with E-state index >= 15 is 0 Å². The second-order valence-electron chi connectivity index (χ2n) is 5.93. The number of sulfonamides is 1. The Morgan fingerprint density at radius 2 is 1.77 bits per heavy atom.